The summed E-state index contributed by atoms with van der Waals surface area (Å²) in [6, 6.07) is 17.2. The highest BCUT2D eigenvalue weighted by Gasteiger charge is 2.24. The fraction of sp³-hybridized carbons (Fsp3) is 0.100. The standard InChI is InChI=1S/C20H17ClN2O3S/c1-26-16-10-9-14(21)12-15(16)22-19(18(24)17-8-5-11-27-17)23-20(25)13-6-3-2-4-7-13/h2-12,19,22H,1H3,(H,23,25)/t19-/m0/s1. The van der Waals surface area contributed by atoms with Gasteiger partial charge in [0, 0.05) is 10.6 Å². The second-order valence-corrected chi connectivity index (χ2v) is 6.99. The molecule has 1 aromatic heterocycles. The summed E-state index contributed by atoms with van der Waals surface area (Å²) in [6.07, 6.45) is -0.983. The average molecular weight is 401 g/mol. The zero-order valence-corrected chi connectivity index (χ0v) is 16.0. The van der Waals surface area contributed by atoms with Crippen molar-refractivity contribution >= 4 is 40.3 Å². The van der Waals surface area contributed by atoms with E-state index < -0.39 is 6.17 Å². The van der Waals surface area contributed by atoms with Crippen LogP contribution < -0.4 is 15.4 Å². The van der Waals surface area contributed by atoms with E-state index in [1.54, 1.807) is 54.6 Å². The number of ether oxygens (including phenoxy) is 1. The van der Waals surface area contributed by atoms with Crippen molar-refractivity contribution in [2.45, 2.75) is 6.17 Å². The zero-order valence-electron chi connectivity index (χ0n) is 14.4. The Labute approximate surface area is 165 Å². The summed E-state index contributed by atoms with van der Waals surface area (Å²) in [7, 11) is 1.52. The van der Waals surface area contributed by atoms with Crippen LogP contribution in [0.15, 0.2) is 66.0 Å². The van der Waals surface area contributed by atoms with Crippen molar-refractivity contribution in [3.8, 4) is 5.75 Å². The number of methoxy groups -OCH3 is 1. The molecule has 0 unspecified atom stereocenters. The van der Waals surface area contributed by atoms with Crippen molar-refractivity contribution < 1.29 is 14.3 Å². The van der Waals surface area contributed by atoms with Crippen LogP contribution in [0.4, 0.5) is 5.69 Å². The predicted molar refractivity (Wildman–Crippen MR) is 108 cm³/mol. The van der Waals surface area contributed by atoms with Crippen LogP contribution in [0.2, 0.25) is 5.02 Å². The zero-order chi connectivity index (χ0) is 19.2. The average Bonchev–Trinajstić information content (AvgIpc) is 3.22. The molecule has 1 heterocycles. The molecular weight excluding hydrogens is 384 g/mol. The molecule has 0 spiro atoms. The second-order valence-electron chi connectivity index (χ2n) is 5.60. The van der Waals surface area contributed by atoms with Crippen LogP contribution in [-0.2, 0) is 0 Å². The van der Waals surface area contributed by atoms with Crippen LogP contribution in [0.3, 0.4) is 0 Å². The lowest BCUT2D eigenvalue weighted by Crippen LogP contribution is -2.46. The van der Waals surface area contributed by atoms with E-state index in [1.165, 1.54) is 18.4 Å². The molecule has 1 atom stereocenters. The van der Waals surface area contributed by atoms with Crippen molar-refractivity contribution in [2.75, 3.05) is 12.4 Å². The van der Waals surface area contributed by atoms with Gasteiger partial charge >= 0.3 is 0 Å². The molecule has 0 radical (unpaired) electrons. The van der Waals surface area contributed by atoms with Crippen LogP contribution >= 0.6 is 22.9 Å². The third-order valence-electron chi connectivity index (χ3n) is 3.80. The first-order valence-electron chi connectivity index (χ1n) is 8.12. The molecule has 3 rings (SSSR count). The molecule has 1 amide bonds. The third kappa shape index (κ3) is 4.67. The molecule has 0 fully saturated rings. The molecule has 0 bridgehead atoms. The molecule has 0 saturated heterocycles. The maximum atomic E-state index is 12.9. The van der Waals surface area contributed by atoms with Gasteiger partial charge in [-0.15, -0.1) is 11.3 Å². The Morgan fingerprint density at radius 1 is 1.07 bits per heavy atom. The van der Waals surface area contributed by atoms with Crippen molar-refractivity contribution in [1.29, 1.82) is 0 Å². The number of rotatable bonds is 7. The number of amides is 1. The molecule has 2 N–H and O–H groups in total. The topological polar surface area (TPSA) is 67.4 Å². The number of nitrogens with one attached hydrogen (secondary N) is 2. The van der Waals surface area contributed by atoms with Gasteiger partial charge in [0.05, 0.1) is 17.7 Å². The van der Waals surface area contributed by atoms with E-state index in [1.807, 2.05) is 11.4 Å². The summed E-state index contributed by atoms with van der Waals surface area (Å²) < 4.78 is 5.32. The lowest BCUT2D eigenvalue weighted by Gasteiger charge is -2.21. The Morgan fingerprint density at radius 2 is 1.85 bits per heavy atom. The van der Waals surface area contributed by atoms with Crippen LogP contribution in [0.1, 0.15) is 20.0 Å². The van der Waals surface area contributed by atoms with Gasteiger partial charge in [-0.05, 0) is 41.8 Å². The van der Waals surface area contributed by atoms with Gasteiger partial charge in [0.25, 0.3) is 5.91 Å². The van der Waals surface area contributed by atoms with Gasteiger partial charge in [0.2, 0.25) is 5.78 Å². The van der Waals surface area contributed by atoms with Gasteiger partial charge < -0.3 is 15.4 Å². The lowest BCUT2D eigenvalue weighted by atomic mass is 10.2. The van der Waals surface area contributed by atoms with E-state index in [2.05, 4.69) is 10.6 Å². The molecule has 27 heavy (non-hydrogen) atoms. The van der Waals surface area contributed by atoms with E-state index in [-0.39, 0.29) is 11.7 Å². The molecule has 5 nitrogen and oxygen atoms in total. The molecule has 7 heteroatoms. The summed E-state index contributed by atoms with van der Waals surface area (Å²) in [5, 5.41) is 8.08. The Hall–Kier alpha value is -2.83. The number of carbonyl (C=O) groups is 2. The molecule has 0 aliphatic rings. The predicted octanol–water partition coefficient (Wildman–Crippen LogP) is 4.46. The van der Waals surface area contributed by atoms with Crippen molar-refractivity contribution in [3.05, 3.63) is 81.5 Å². The van der Waals surface area contributed by atoms with Crippen molar-refractivity contribution in [2.24, 2.45) is 0 Å². The highest BCUT2D eigenvalue weighted by Crippen LogP contribution is 2.28. The second kappa shape index (κ2) is 8.70. The Kier molecular flexibility index (Phi) is 6.11. The van der Waals surface area contributed by atoms with E-state index in [4.69, 9.17) is 16.3 Å². The van der Waals surface area contributed by atoms with Crippen molar-refractivity contribution in [1.82, 2.24) is 5.32 Å². The van der Waals surface area contributed by atoms with Crippen LogP contribution in [0.25, 0.3) is 0 Å². The number of thiophene rings is 1. The first-order chi connectivity index (χ1) is 13.1. The number of anilines is 1. The smallest absolute Gasteiger partial charge is 0.253 e. The number of hydrogen-bond acceptors (Lipinski definition) is 5. The van der Waals surface area contributed by atoms with Crippen molar-refractivity contribution in [3.63, 3.8) is 0 Å². The highest BCUT2D eigenvalue weighted by atomic mass is 35.5. The highest BCUT2D eigenvalue weighted by molar-refractivity contribution is 7.12. The van der Waals surface area contributed by atoms with E-state index >= 15 is 0 Å². The number of benzene rings is 2. The summed E-state index contributed by atoms with van der Waals surface area (Å²) in [5.41, 5.74) is 0.967. The van der Waals surface area contributed by atoms with Gasteiger partial charge in [-0.3, -0.25) is 9.59 Å². The number of Topliss-reactive ketones (excluding diaryl/α,β-unsaturated/α-hetero) is 1. The normalized spacial score (nSPS) is 11.5. The largest absolute Gasteiger partial charge is 0.495 e. The molecular formula is C20H17ClN2O3S. The molecule has 138 valence electrons. The quantitative estimate of drug-likeness (QED) is 0.454. The van der Waals surface area contributed by atoms with Crippen LogP contribution in [-0.4, -0.2) is 25.0 Å². The number of carbonyl (C=O) groups excluding carboxylic acids is 2. The molecule has 0 aliphatic carbocycles. The van der Waals surface area contributed by atoms with Crippen LogP contribution in [0.5, 0.6) is 5.75 Å². The van der Waals surface area contributed by atoms with Gasteiger partial charge in [0.1, 0.15) is 5.75 Å². The van der Waals surface area contributed by atoms with Gasteiger partial charge in [-0.25, -0.2) is 0 Å². The molecule has 3 aromatic rings. The van der Waals surface area contributed by atoms with E-state index in [9.17, 15) is 9.59 Å². The summed E-state index contributed by atoms with van der Waals surface area (Å²) in [5.74, 6) is -0.104. The Balaban J connectivity index is 1.89. The minimum Gasteiger partial charge on any atom is -0.495 e. The minimum absolute atomic E-state index is 0.253. The molecule has 2 aromatic carbocycles. The minimum atomic E-state index is -0.983. The molecule has 0 saturated carbocycles. The van der Waals surface area contributed by atoms with Gasteiger partial charge in [-0.2, -0.15) is 0 Å². The first-order valence-corrected chi connectivity index (χ1v) is 9.38. The van der Waals surface area contributed by atoms with Crippen LogP contribution in [0, 0.1) is 0 Å². The number of ketones is 1. The monoisotopic (exact) mass is 400 g/mol. The first kappa shape index (κ1) is 18.9. The summed E-state index contributed by atoms with van der Waals surface area (Å²) >= 11 is 7.38. The maximum absolute atomic E-state index is 12.9. The van der Waals surface area contributed by atoms with E-state index in [0.717, 1.165) is 0 Å². The molecule has 0 aliphatic heterocycles. The fourth-order valence-corrected chi connectivity index (χ4v) is 3.35. The summed E-state index contributed by atoms with van der Waals surface area (Å²) in [4.78, 5) is 26.0. The summed E-state index contributed by atoms with van der Waals surface area (Å²) in [6.45, 7) is 0. The van der Waals surface area contributed by atoms with E-state index in [0.29, 0.717) is 26.9 Å². The Morgan fingerprint density at radius 3 is 2.52 bits per heavy atom. The lowest BCUT2D eigenvalue weighted by molar-refractivity contribution is 0.0871. The Bertz CT molecular complexity index is 930. The number of hydrogen-bond donors (Lipinski definition) is 2. The number of halogens is 1. The third-order valence-corrected chi connectivity index (χ3v) is 4.92. The van der Waals surface area contributed by atoms with Gasteiger partial charge in [-0.1, -0.05) is 35.9 Å². The fourth-order valence-electron chi connectivity index (χ4n) is 2.48. The maximum Gasteiger partial charge on any atom is 0.253 e. The SMILES string of the molecule is COc1ccc(Cl)cc1N[C@@H](NC(=O)c1ccccc1)C(=O)c1cccs1. The van der Waals surface area contributed by atoms with Gasteiger partial charge in [0.15, 0.2) is 6.17 Å².